The van der Waals surface area contributed by atoms with Crippen molar-refractivity contribution in [1.82, 2.24) is 15.0 Å². The zero-order valence-corrected chi connectivity index (χ0v) is 12.0. The van der Waals surface area contributed by atoms with Crippen molar-refractivity contribution < 1.29 is 22.7 Å². The Morgan fingerprint density at radius 2 is 1.96 bits per heavy atom. The van der Waals surface area contributed by atoms with Crippen molar-refractivity contribution in [2.75, 3.05) is 6.61 Å². The van der Waals surface area contributed by atoms with Crippen molar-refractivity contribution in [2.45, 2.75) is 19.0 Å². The first-order chi connectivity index (χ1) is 10.8. The maximum absolute atomic E-state index is 12.1. The van der Waals surface area contributed by atoms with Gasteiger partial charge in [-0.25, -0.2) is 9.97 Å². The van der Waals surface area contributed by atoms with Gasteiger partial charge in [-0.1, -0.05) is 13.0 Å². The van der Waals surface area contributed by atoms with Crippen LogP contribution in [0, 0.1) is 0 Å². The highest BCUT2D eigenvalue weighted by Crippen LogP contribution is 2.25. The lowest BCUT2D eigenvalue weighted by atomic mass is 9.97. The molecule has 2 N–H and O–H groups in total. The number of carbonyl (C=O) groups excluding carboxylic acids is 1. The van der Waals surface area contributed by atoms with E-state index in [-0.39, 0.29) is 17.5 Å². The fourth-order valence-corrected chi connectivity index (χ4v) is 1.90. The summed E-state index contributed by atoms with van der Waals surface area (Å²) in [6.07, 6.45) is -0.297. The summed E-state index contributed by atoms with van der Waals surface area (Å²) in [5.74, 6) is -1.22. The van der Waals surface area contributed by atoms with E-state index in [0.717, 1.165) is 0 Å². The van der Waals surface area contributed by atoms with Gasteiger partial charge in [-0.2, -0.15) is 13.2 Å². The molecule has 0 saturated carbocycles. The van der Waals surface area contributed by atoms with Crippen LogP contribution in [0.1, 0.15) is 34.6 Å². The molecular weight excluding hydrogens is 313 g/mol. The van der Waals surface area contributed by atoms with Crippen LogP contribution in [0.25, 0.3) is 0 Å². The number of ether oxygens (including phenoxy) is 1. The van der Waals surface area contributed by atoms with Crippen LogP contribution in [0.3, 0.4) is 0 Å². The molecule has 0 radical (unpaired) electrons. The summed E-state index contributed by atoms with van der Waals surface area (Å²) in [5.41, 5.74) is 6.29. The molecule has 0 aliphatic carbocycles. The second-order valence-electron chi connectivity index (χ2n) is 4.71. The molecule has 0 aliphatic rings. The van der Waals surface area contributed by atoms with E-state index >= 15 is 0 Å². The average molecular weight is 326 g/mol. The van der Waals surface area contributed by atoms with Crippen LogP contribution in [0.4, 0.5) is 13.2 Å². The van der Waals surface area contributed by atoms with Gasteiger partial charge in [0.15, 0.2) is 6.61 Å². The quantitative estimate of drug-likeness (QED) is 0.908. The Bertz CT molecular complexity index is 689. The zero-order chi connectivity index (χ0) is 17.0. The Balaban J connectivity index is 2.18. The van der Waals surface area contributed by atoms with E-state index in [1.807, 2.05) is 0 Å². The molecule has 2 rings (SSSR count). The van der Waals surface area contributed by atoms with Crippen molar-refractivity contribution in [3.05, 3.63) is 47.7 Å². The number of amides is 1. The highest BCUT2D eigenvalue weighted by molar-refractivity contribution is 5.92. The molecule has 9 heteroatoms. The predicted octanol–water partition coefficient (Wildman–Crippen LogP) is 2.06. The summed E-state index contributed by atoms with van der Waals surface area (Å²) in [6.45, 7) is 0.342. The fraction of sp³-hybridized carbons (Fsp3) is 0.286. The maximum Gasteiger partial charge on any atom is 0.422 e. The Hall–Kier alpha value is -2.71. The number of primary amides is 1. The van der Waals surface area contributed by atoms with E-state index in [2.05, 4.69) is 19.7 Å². The molecular formula is C14H13F3N4O2. The third kappa shape index (κ3) is 4.38. The molecule has 6 nitrogen and oxygen atoms in total. The van der Waals surface area contributed by atoms with Crippen LogP contribution in [0.2, 0.25) is 0 Å². The number of aromatic nitrogens is 3. The number of carbonyl (C=O) groups is 1. The summed E-state index contributed by atoms with van der Waals surface area (Å²) >= 11 is 0. The number of rotatable bonds is 5. The van der Waals surface area contributed by atoms with Gasteiger partial charge >= 0.3 is 6.18 Å². The van der Waals surface area contributed by atoms with Crippen molar-refractivity contribution in [3.63, 3.8) is 0 Å². The molecule has 0 bridgehead atoms. The minimum Gasteiger partial charge on any atom is -0.468 e. The SMILES string of the molecule is CC(c1ccc(OCC(F)(F)F)nc1)c1nccnc1C(N)=O. The summed E-state index contributed by atoms with van der Waals surface area (Å²) in [5, 5.41) is 0. The number of hydrogen-bond acceptors (Lipinski definition) is 5. The first kappa shape index (κ1) is 16.7. The van der Waals surface area contributed by atoms with Gasteiger partial charge in [-0.15, -0.1) is 0 Å². The summed E-state index contributed by atoms with van der Waals surface area (Å²) in [6, 6.07) is 2.86. The Kier molecular flexibility index (Phi) is 4.77. The molecule has 122 valence electrons. The van der Waals surface area contributed by atoms with E-state index in [4.69, 9.17) is 5.73 Å². The molecule has 2 aromatic heterocycles. The van der Waals surface area contributed by atoms with E-state index in [0.29, 0.717) is 11.3 Å². The van der Waals surface area contributed by atoms with Crippen LogP contribution in [-0.2, 0) is 0 Å². The molecule has 2 heterocycles. The summed E-state index contributed by atoms with van der Waals surface area (Å²) in [7, 11) is 0. The molecule has 0 aliphatic heterocycles. The second kappa shape index (κ2) is 6.59. The van der Waals surface area contributed by atoms with E-state index in [9.17, 15) is 18.0 Å². The van der Waals surface area contributed by atoms with Gasteiger partial charge in [-0.3, -0.25) is 9.78 Å². The molecule has 2 aromatic rings. The molecule has 1 amide bonds. The monoisotopic (exact) mass is 326 g/mol. The van der Waals surface area contributed by atoms with Gasteiger partial charge in [0.2, 0.25) is 5.88 Å². The van der Waals surface area contributed by atoms with Crippen molar-refractivity contribution in [2.24, 2.45) is 5.73 Å². The second-order valence-corrected chi connectivity index (χ2v) is 4.71. The third-order valence-electron chi connectivity index (χ3n) is 3.01. The van der Waals surface area contributed by atoms with Crippen molar-refractivity contribution >= 4 is 5.91 Å². The maximum atomic E-state index is 12.1. The number of alkyl halides is 3. The number of halogens is 3. The molecule has 1 atom stereocenters. The van der Waals surface area contributed by atoms with Gasteiger partial charge in [0.05, 0.1) is 5.69 Å². The minimum atomic E-state index is -4.43. The molecule has 0 saturated heterocycles. The van der Waals surface area contributed by atoms with Crippen LogP contribution in [0.15, 0.2) is 30.7 Å². The highest BCUT2D eigenvalue weighted by atomic mass is 19.4. The summed E-state index contributed by atoms with van der Waals surface area (Å²) < 4.78 is 40.8. The number of hydrogen-bond donors (Lipinski definition) is 1. The van der Waals surface area contributed by atoms with Crippen molar-refractivity contribution in [3.8, 4) is 5.88 Å². The average Bonchev–Trinajstić information content (AvgIpc) is 2.52. The van der Waals surface area contributed by atoms with Crippen LogP contribution >= 0.6 is 0 Å². The first-order valence-electron chi connectivity index (χ1n) is 6.54. The van der Waals surface area contributed by atoms with Gasteiger partial charge < -0.3 is 10.5 Å². The topological polar surface area (TPSA) is 91.0 Å². The van der Waals surface area contributed by atoms with Gasteiger partial charge in [0, 0.05) is 30.6 Å². The molecule has 0 aromatic carbocycles. The first-order valence-corrected chi connectivity index (χ1v) is 6.54. The predicted molar refractivity (Wildman–Crippen MR) is 73.9 cm³/mol. The molecule has 23 heavy (non-hydrogen) atoms. The van der Waals surface area contributed by atoms with Crippen LogP contribution in [0.5, 0.6) is 5.88 Å². The smallest absolute Gasteiger partial charge is 0.422 e. The van der Waals surface area contributed by atoms with Gasteiger partial charge in [0.25, 0.3) is 5.91 Å². The zero-order valence-electron chi connectivity index (χ0n) is 12.0. The number of nitrogens with two attached hydrogens (primary N) is 1. The molecule has 0 spiro atoms. The Morgan fingerprint density at radius 1 is 1.26 bits per heavy atom. The highest BCUT2D eigenvalue weighted by Gasteiger charge is 2.28. The summed E-state index contributed by atoms with van der Waals surface area (Å²) in [4.78, 5) is 23.2. The fourth-order valence-electron chi connectivity index (χ4n) is 1.90. The normalized spacial score (nSPS) is 12.7. The van der Waals surface area contributed by atoms with Crippen molar-refractivity contribution in [1.29, 1.82) is 0 Å². The minimum absolute atomic E-state index is 0.0393. The lowest BCUT2D eigenvalue weighted by Crippen LogP contribution is -2.20. The largest absolute Gasteiger partial charge is 0.468 e. The standard InChI is InChI=1S/C14H13F3N4O2/c1-8(11-12(13(18)22)20-5-4-19-11)9-2-3-10(21-6-9)23-7-14(15,16)17/h2-6,8H,7H2,1H3,(H2,18,22). The Morgan fingerprint density at radius 3 is 2.52 bits per heavy atom. The van der Waals surface area contributed by atoms with E-state index in [1.165, 1.54) is 24.7 Å². The third-order valence-corrected chi connectivity index (χ3v) is 3.01. The Labute approximate surface area is 129 Å². The number of nitrogens with zero attached hydrogens (tertiary/aromatic N) is 3. The van der Waals surface area contributed by atoms with Crippen LogP contribution in [-0.4, -0.2) is 33.6 Å². The van der Waals surface area contributed by atoms with E-state index < -0.39 is 18.7 Å². The van der Waals surface area contributed by atoms with Gasteiger partial charge in [0.1, 0.15) is 5.69 Å². The van der Waals surface area contributed by atoms with Crippen LogP contribution < -0.4 is 10.5 Å². The van der Waals surface area contributed by atoms with E-state index in [1.54, 1.807) is 13.0 Å². The lowest BCUT2D eigenvalue weighted by Gasteiger charge is -2.14. The molecule has 0 fully saturated rings. The number of pyridine rings is 1. The molecule has 1 unspecified atom stereocenters. The van der Waals surface area contributed by atoms with Gasteiger partial charge in [-0.05, 0) is 5.56 Å². The lowest BCUT2D eigenvalue weighted by molar-refractivity contribution is -0.154.